The smallest absolute Gasteiger partial charge is 0.250 e. The number of rotatable bonds is 3. The Hall–Kier alpha value is -3.08. The van der Waals surface area contributed by atoms with Crippen LogP contribution in [0.2, 0.25) is 0 Å². The molecule has 5 heteroatoms. The van der Waals surface area contributed by atoms with Gasteiger partial charge in [-0.15, -0.1) is 0 Å². The SMILES string of the molecule is COc1ccc2c(c1)/C(=N/Nc1cc(=O)[nH]c3ccccc13)CCC2. The van der Waals surface area contributed by atoms with Crippen LogP contribution in [0.3, 0.4) is 0 Å². The van der Waals surface area contributed by atoms with E-state index in [1.54, 1.807) is 13.2 Å². The second-order valence-electron chi connectivity index (χ2n) is 6.14. The molecule has 4 rings (SSSR count). The summed E-state index contributed by atoms with van der Waals surface area (Å²) in [7, 11) is 1.67. The van der Waals surface area contributed by atoms with Crippen LogP contribution in [-0.2, 0) is 6.42 Å². The Bertz CT molecular complexity index is 1020. The molecule has 3 aromatic rings. The zero-order valence-electron chi connectivity index (χ0n) is 14.0. The molecular weight excluding hydrogens is 314 g/mol. The largest absolute Gasteiger partial charge is 0.497 e. The Morgan fingerprint density at radius 3 is 2.88 bits per heavy atom. The molecule has 0 saturated heterocycles. The standard InChI is InChI=1S/C20H19N3O2/c1-25-14-10-9-13-5-4-8-18(16(13)11-14)22-23-19-12-20(24)21-17-7-3-2-6-15(17)19/h2-3,6-7,9-12H,4-5,8H2,1H3,(H2,21,23,24)/b22-18+. The zero-order chi connectivity index (χ0) is 17.2. The molecule has 1 aliphatic carbocycles. The molecule has 25 heavy (non-hydrogen) atoms. The van der Waals surface area contributed by atoms with Crippen LogP contribution in [-0.4, -0.2) is 17.8 Å². The molecule has 0 unspecified atom stereocenters. The Morgan fingerprint density at radius 2 is 2.00 bits per heavy atom. The number of hydrazone groups is 1. The summed E-state index contributed by atoms with van der Waals surface area (Å²) in [6.07, 6.45) is 3.01. The number of aromatic amines is 1. The molecule has 0 spiro atoms. The average molecular weight is 333 g/mol. The van der Waals surface area contributed by atoms with Crippen LogP contribution in [0.4, 0.5) is 5.69 Å². The van der Waals surface area contributed by atoms with Gasteiger partial charge in [0.1, 0.15) is 5.75 Å². The molecule has 2 aromatic carbocycles. The maximum Gasteiger partial charge on any atom is 0.250 e. The van der Waals surface area contributed by atoms with Crippen molar-refractivity contribution < 1.29 is 4.74 Å². The van der Waals surface area contributed by atoms with Crippen molar-refractivity contribution in [1.29, 1.82) is 0 Å². The van der Waals surface area contributed by atoms with Crippen molar-refractivity contribution in [3.05, 3.63) is 70.0 Å². The van der Waals surface area contributed by atoms with Crippen molar-refractivity contribution >= 4 is 22.3 Å². The van der Waals surface area contributed by atoms with Gasteiger partial charge in [0.15, 0.2) is 0 Å². The molecule has 1 heterocycles. The topological polar surface area (TPSA) is 66.5 Å². The van der Waals surface area contributed by atoms with Crippen LogP contribution in [0.5, 0.6) is 5.75 Å². The number of benzene rings is 2. The highest BCUT2D eigenvalue weighted by molar-refractivity contribution is 6.03. The highest BCUT2D eigenvalue weighted by Gasteiger charge is 2.16. The van der Waals surface area contributed by atoms with E-state index in [2.05, 4.69) is 21.6 Å². The number of H-pyrrole nitrogens is 1. The number of nitrogens with one attached hydrogen (secondary N) is 2. The number of nitrogens with zero attached hydrogens (tertiary/aromatic N) is 1. The number of aromatic nitrogens is 1. The third-order valence-electron chi connectivity index (χ3n) is 4.55. The fourth-order valence-corrected chi connectivity index (χ4v) is 3.29. The first-order valence-corrected chi connectivity index (χ1v) is 8.36. The van der Waals surface area contributed by atoms with Gasteiger partial charge in [-0.1, -0.05) is 24.3 Å². The lowest BCUT2D eigenvalue weighted by Gasteiger charge is -2.19. The van der Waals surface area contributed by atoms with Gasteiger partial charge in [-0.05, 0) is 43.0 Å². The molecule has 0 fully saturated rings. The number of pyridine rings is 1. The molecule has 1 aliphatic rings. The van der Waals surface area contributed by atoms with Crippen molar-refractivity contribution in [1.82, 2.24) is 4.98 Å². The van der Waals surface area contributed by atoms with E-state index in [-0.39, 0.29) is 5.56 Å². The number of ether oxygens (including phenoxy) is 1. The lowest BCUT2D eigenvalue weighted by Crippen LogP contribution is -2.14. The molecule has 2 N–H and O–H groups in total. The molecule has 126 valence electrons. The summed E-state index contributed by atoms with van der Waals surface area (Å²) in [5, 5.41) is 5.56. The van der Waals surface area contributed by atoms with Gasteiger partial charge in [-0.3, -0.25) is 10.2 Å². The summed E-state index contributed by atoms with van der Waals surface area (Å²) < 4.78 is 5.34. The van der Waals surface area contributed by atoms with E-state index in [9.17, 15) is 4.79 Å². The molecule has 0 saturated carbocycles. The summed E-state index contributed by atoms with van der Waals surface area (Å²) in [5.41, 5.74) is 7.85. The monoisotopic (exact) mass is 333 g/mol. The van der Waals surface area contributed by atoms with Crippen LogP contribution in [0, 0.1) is 0 Å². The van der Waals surface area contributed by atoms with Gasteiger partial charge < -0.3 is 9.72 Å². The minimum atomic E-state index is -0.146. The number of anilines is 1. The van der Waals surface area contributed by atoms with E-state index in [1.807, 2.05) is 36.4 Å². The van der Waals surface area contributed by atoms with Crippen LogP contribution >= 0.6 is 0 Å². The maximum absolute atomic E-state index is 11.9. The molecule has 5 nitrogen and oxygen atoms in total. The van der Waals surface area contributed by atoms with E-state index < -0.39 is 0 Å². The van der Waals surface area contributed by atoms with E-state index in [4.69, 9.17) is 4.74 Å². The highest BCUT2D eigenvalue weighted by atomic mass is 16.5. The molecule has 0 aliphatic heterocycles. The molecule has 0 bridgehead atoms. The molecule has 0 atom stereocenters. The van der Waals surface area contributed by atoms with Crippen LogP contribution in [0.1, 0.15) is 24.0 Å². The van der Waals surface area contributed by atoms with Crippen molar-refractivity contribution in [2.45, 2.75) is 19.3 Å². The summed E-state index contributed by atoms with van der Waals surface area (Å²) in [6, 6.07) is 15.4. The highest BCUT2D eigenvalue weighted by Crippen LogP contribution is 2.26. The van der Waals surface area contributed by atoms with Gasteiger partial charge in [-0.2, -0.15) is 5.10 Å². The van der Waals surface area contributed by atoms with Gasteiger partial charge >= 0.3 is 0 Å². The Morgan fingerprint density at radius 1 is 1.12 bits per heavy atom. The number of para-hydroxylation sites is 1. The first kappa shape index (κ1) is 15.4. The summed E-state index contributed by atoms with van der Waals surface area (Å²) >= 11 is 0. The minimum absolute atomic E-state index is 0.146. The first-order valence-electron chi connectivity index (χ1n) is 8.36. The van der Waals surface area contributed by atoms with Crippen molar-refractivity contribution in [3.8, 4) is 5.75 Å². The van der Waals surface area contributed by atoms with Crippen molar-refractivity contribution in [2.75, 3.05) is 12.5 Å². The summed E-state index contributed by atoms with van der Waals surface area (Å²) in [4.78, 5) is 14.7. The number of methoxy groups -OCH3 is 1. The van der Waals surface area contributed by atoms with E-state index >= 15 is 0 Å². The predicted octanol–water partition coefficient (Wildman–Crippen LogP) is 3.69. The lowest BCUT2D eigenvalue weighted by molar-refractivity contribution is 0.414. The Kier molecular flexibility index (Phi) is 3.98. The van der Waals surface area contributed by atoms with Gasteiger partial charge in [0.2, 0.25) is 0 Å². The quantitative estimate of drug-likeness (QED) is 0.718. The maximum atomic E-state index is 11.9. The van der Waals surface area contributed by atoms with Gasteiger partial charge in [0.25, 0.3) is 5.56 Å². The number of hydrogen-bond acceptors (Lipinski definition) is 4. The normalized spacial score (nSPS) is 15.2. The average Bonchev–Trinajstić information content (AvgIpc) is 2.65. The third kappa shape index (κ3) is 3.01. The van der Waals surface area contributed by atoms with Gasteiger partial charge in [0.05, 0.1) is 24.0 Å². The van der Waals surface area contributed by atoms with Crippen molar-refractivity contribution in [3.63, 3.8) is 0 Å². The first-order chi connectivity index (χ1) is 12.2. The van der Waals surface area contributed by atoms with E-state index in [0.29, 0.717) is 5.69 Å². The summed E-state index contributed by atoms with van der Waals surface area (Å²) in [5.74, 6) is 0.829. The van der Waals surface area contributed by atoms with Crippen molar-refractivity contribution in [2.24, 2.45) is 5.10 Å². The fraction of sp³-hybridized carbons (Fsp3) is 0.200. The molecular formula is C20H19N3O2. The van der Waals surface area contributed by atoms with Gasteiger partial charge in [0, 0.05) is 17.0 Å². The third-order valence-corrected chi connectivity index (χ3v) is 4.55. The second-order valence-corrected chi connectivity index (χ2v) is 6.14. The number of aryl methyl sites for hydroxylation is 1. The predicted molar refractivity (Wildman–Crippen MR) is 101 cm³/mol. The van der Waals surface area contributed by atoms with Crippen LogP contribution < -0.4 is 15.7 Å². The molecule has 1 aromatic heterocycles. The fourth-order valence-electron chi connectivity index (χ4n) is 3.29. The molecule has 0 radical (unpaired) electrons. The summed E-state index contributed by atoms with van der Waals surface area (Å²) in [6.45, 7) is 0. The zero-order valence-corrected chi connectivity index (χ0v) is 14.0. The molecule has 0 amide bonds. The second kappa shape index (κ2) is 6.43. The minimum Gasteiger partial charge on any atom is -0.497 e. The Balaban J connectivity index is 1.74. The van der Waals surface area contributed by atoms with E-state index in [1.165, 1.54) is 5.56 Å². The van der Waals surface area contributed by atoms with E-state index in [0.717, 1.165) is 47.2 Å². The van der Waals surface area contributed by atoms with Gasteiger partial charge in [-0.25, -0.2) is 0 Å². The Labute approximate surface area is 145 Å². The number of hydrogen-bond donors (Lipinski definition) is 2. The van der Waals surface area contributed by atoms with Crippen LogP contribution in [0.25, 0.3) is 10.9 Å². The van der Waals surface area contributed by atoms with Crippen LogP contribution in [0.15, 0.2) is 58.4 Å². The number of fused-ring (bicyclic) bond motifs is 2. The lowest BCUT2D eigenvalue weighted by atomic mass is 9.90.